The van der Waals surface area contributed by atoms with Gasteiger partial charge in [0.2, 0.25) is 0 Å². The monoisotopic (exact) mass is 351 g/mol. The number of rotatable bonds is 9. The van der Waals surface area contributed by atoms with Crippen molar-refractivity contribution in [1.82, 2.24) is 4.90 Å². The first-order chi connectivity index (χ1) is 11.6. The molecule has 25 heavy (non-hydrogen) atoms. The molecule has 7 heteroatoms. The first kappa shape index (κ1) is 20.6. The van der Waals surface area contributed by atoms with Crippen LogP contribution in [0.2, 0.25) is 0 Å². The van der Waals surface area contributed by atoms with Crippen LogP contribution in [-0.4, -0.2) is 51.2 Å². The molecule has 0 fully saturated rings. The van der Waals surface area contributed by atoms with Crippen LogP contribution in [0.15, 0.2) is 18.2 Å². The highest BCUT2D eigenvalue weighted by Crippen LogP contribution is 2.34. The Morgan fingerprint density at radius 2 is 1.36 bits per heavy atom. The van der Waals surface area contributed by atoms with Crippen molar-refractivity contribution in [3.8, 4) is 0 Å². The number of carboxylic acids is 3. The van der Waals surface area contributed by atoms with Gasteiger partial charge in [-0.05, 0) is 28.5 Å². The summed E-state index contributed by atoms with van der Waals surface area (Å²) >= 11 is 0. The Hall–Kier alpha value is -2.41. The van der Waals surface area contributed by atoms with E-state index < -0.39 is 37.0 Å². The van der Waals surface area contributed by atoms with Gasteiger partial charge in [0.15, 0.2) is 0 Å². The lowest BCUT2D eigenvalue weighted by molar-refractivity contribution is -0.149. The molecule has 0 saturated carbocycles. The van der Waals surface area contributed by atoms with Gasteiger partial charge in [-0.2, -0.15) is 0 Å². The van der Waals surface area contributed by atoms with E-state index in [4.69, 9.17) is 10.2 Å². The molecule has 0 spiro atoms. The van der Waals surface area contributed by atoms with Crippen molar-refractivity contribution in [1.29, 1.82) is 0 Å². The summed E-state index contributed by atoms with van der Waals surface area (Å²) in [6, 6.07) is 3.94. The molecule has 138 valence electrons. The van der Waals surface area contributed by atoms with Crippen LogP contribution in [0.5, 0.6) is 0 Å². The smallest absolute Gasteiger partial charge is 0.325 e. The molecule has 1 atom stereocenters. The molecule has 0 bridgehead atoms. The normalized spacial score (nSPS) is 12.6. The Balaban J connectivity index is 3.57. The number of nitrogens with zero attached hydrogens (tertiary/aromatic N) is 1. The van der Waals surface area contributed by atoms with Crippen molar-refractivity contribution in [2.45, 2.75) is 45.6 Å². The summed E-state index contributed by atoms with van der Waals surface area (Å²) in [5.74, 6) is -3.67. The summed E-state index contributed by atoms with van der Waals surface area (Å²) in [6.45, 7) is 6.50. The molecule has 0 heterocycles. The van der Waals surface area contributed by atoms with E-state index in [0.29, 0.717) is 5.56 Å². The second kappa shape index (κ2) is 8.62. The van der Waals surface area contributed by atoms with Crippen molar-refractivity contribution in [3.05, 3.63) is 34.9 Å². The minimum Gasteiger partial charge on any atom is -0.480 e. The lowest BCUT2D eigenvalue weighted by Crippen LogP contribution is -2.41. The van der Waals surface area contributed by atoms with Gasteiger partial charge in [0.25, 0.3) is 0 Å². The molecule has 1 aromatic rings. The average molecular weight is 351 g/mol. The van der Waals surface area contributed by atoms with Gasteiger partial charge < -0.3 is 15.3 Å². The lowest BCUT2D eigenvalue weighted by atomic mass is 9.84. The maximum Gasteiger partial charge on any atom is 0.325 e. The van der Waals surface area contributed by atoms with Crippen molar-refractivity contribution >= 4 is 17.9 Å². The number of carbonyl (C=O) groups is 3. The van der Waals surface area contributed by atoms with Gasteiger partial charge in [-0.15, -0.1) is 0 Å². The Kier molecular flexibility index (Phi) is 7.11. The molecular weight excluding hydrogens is 326 g/mol. The summed E-state index contributed by atoms with van der Waals surface area (Å²) in [6.07, 6.45) is 0. The summed E-state index contributed by atoms with van der Waals surface area (Å²) in [7, 11) is 0. The topological polar surface area (TPSA) is 115 Å². The number of aliphatic carboxylic acids is 3. The van der Waals surface area contributed by atoms with Crippen LogP contribution in [0.3, 0.4) is 0 Å². The van der Waals surface area contributed by atoms with E-state index >= 15 is 0 Å². The second-order valence-corrected chi connectivity index (χ2v) is 6.59. The van der Waals surface area contributed by atoms with Gasteiger partial charge in [0.1, 0.15) is 6.04 Å². The Morgan fingerprint density at radius 1 is 0.880 bits per heavy atom. The summed E-state index contributed by atoms with van der Waals surface area (Å²) < 4.78 is 0. The van der Waals surface area contributed by atoms with Crippen LogP contribution >= 0.6 is 0 Å². The fourth-order valence-corrected chi connectivity index (χ4v) is 3.08. The SMILES string of the molecule is CC(C)c1cccc(C(C(=O)O)N(CC(=O)O)CC(=O)O)c1C(C)C. The molecule has 1 unspecified atom stereocenters. The van der Waals surface area contributed by atoms with E-state index in [-0.39, 0.29) is 11.8 Å². The minimum absolute atomic E-state index is 0.00644. The Morgan fingerprint density at radius 3 is 1.72 bits per heavy atom. The van der Waals surface area contributed by atoms with E-state index in [2.05, 4.69) is 0 Å². The fraction of sp³-hybridized carbons (Fsp3) is 0.500. The lowest BCUT2D eigenvalue weighted by Gasteiger charge is -2.30. The molecule has 0 aliphatic carbocycles. The Bertz CT molecular complexity index is 637. The standard InChI is InChI=1S/C18H25NO6/c1-10(2)12-6-5-7-13(16(12)11(3)4)17(18(24)25)19(8-14(20)21)9-15(22)23/h5-7,10-11,17H,8-9H2,1-4H3,(H,20,21)(H,22,23)(H,24,25). The average Bonchev–Trinajstić information content (AvgIpc) is 2.44. The molecule has 1 aromatic carbocycles. The predicted octanol–water partition coefficient (Wildman–Crippen LogP) is 2.53. The van der Waals surface area contributed by atoms with E-state index in [1.54, 1.807) is 12.1 Å². The second-order valence-electron chi connectivity index (χ2n) is 6.59. The fourth-order valence-electron chi connectivity index (χ4n) is 3.08. The van der Waals surface area contributed by atoms with Crippen LogP contribution in [0.25, 0.3) is 0 Å². The zero-order chi connectivity index (χ0) is 19.3. The number of benzene rings is 1. The molecule has 0 aliphatic heterocycles. The van der Waals surface area contributed by atoms with Gasteiger partial charge in [-0.1, -0.05) is 45.9 Å². The zero-order valence-electron chi connectivity index (χ0n) is 14.9. The number of carboxylic acid groups (broad SMARTS) is 3. The molecule has 7 nitrogen and oxygen atoms in total. The van der Waals surface area contributed by atoms with E-state index in [0.717, 1.165) is 16.0 Å². The summed E-state index contributed by atoms with van der Waals surface area (Å²) in [5, 5.41) is 27.9. The van der Waals surface area contributed by atoms with Crippen LogP contribution in [0.4, 0.5) is 0 Å². The Labute approximate surface area is 146 Å². The van der Waals surface area contributed by atoms with Crippen molar-refractivity contribution in [2.24, 2.45) is 0 Å². The van der Waals surface area contributed by atoms with Gasteiger partial charge in [-0.3, -0.25) is 19.3 Å². The van der Waals surface area contributed by atoms with E-state index in [1.807, 2.05) is 33.8 Å². The third-order valence-corrected chi connectivity index (χ3v) is 3.94. The third kappa shape index (κ3) is 5.29. The van der Waals surface area contributed by atoms with Crippen LogP contribution in [-0.2, 0) is 14.4 Å². The quantitative estimate of drug-likeness (QED) is 0.626. The van der Waals surface area contributed by atoms with Crippen LogP contribution in [0.1, 0.15) is 62.3 Å². The molecular formula is C18H25NO6. The molecule has 0 aromatic heterocycles. The molecule has 0 saturated heterocycles. The summed E-state index contributed by atoms with van der Waals surface area (Å²) in [5.41, 5.74) is 2.24. The van der Waals surface area contributed by atoms with Gasteiger partial charge in [0, 0.05) is 0 Å². The minimum atomic E-state index is -1.34. The highest BCUT2D eigenvalue weighted by molar-refractivity contribution is 5.80. The highest BCUT2D eigenvalue weighted by atomic mass is 16.4. The van der Waals surface area contributed by atoms with Crippen LogP contribution < -0.4 is 0 Å². The number of hydrogen-bond donors (Lipinski definition) is 3. The van der Waals surface area contributed by atoms with Gasteiger partial charge in [-0.25, -0.2) is 0 Å². The molecule has 0 radical (unpaired) electrons. The third-order valence-electron chi connectivity index (χ3n) is 3.94. The maximum atomic E-state index is 11.9. The molecule has 3 N–H and O–H groups in total. The summed E-state index contributed by atoms with van der Waals surface area (Å²) in [4.78, 5) is 35.1. The molecule has 1 rings (SSSR count). The van der Waals surface area contributed by atoms with Crippen molar-refractivity contribution in [3.63, 3.8) is 0 Å². The molecule has 0 aliphatic rings. The molecule has 0 amide bonds. The number of hydrogen-bond acceptors (Lipinski definition) is 4. The first-order valence-corrected chi connectivity index (χ1v) is 8.09. The van der Waals surface area contributed by atoms with Crippen molar-refractivity contribution in [2.75, 3.05) is 13.1 Å². The van der Waals surface area contributed by atoms with E-state index in [9.17, 15) is 19.5 Å². The largest absolute Gasteiger partial charge is 0.480 e. The van der Waals surface area contributed by atoms with Crippen molar-refractivity contribution < 1.29 is 29.7 Å². The van der Waals surface area contributed by atoms with E-state index in [1.165, 1.54) is 0 Å². The van der Waals surface area contributed by atoms with Gasteiger partial charge in [0.05, 0.1) is 13.1 Å². The van der Waals surface area contributed by atoms with Crippen LogP contribution in [0, 0.1) is 0 Å². The predicted molar refractivity (Wildman–Crippen MR) is 91.8 cm³/mol. The first-order valence-electron chi connectivity index (χ1n) is 8.09. The maximum absolute atomic E-state index is 11.9. The zero-order valence-corrected chi connectivity index (χ0v) is 14.9. The van der Waals surface area contributed by atoms with Gasteiger partial charge >= 0.3 is 17.9 Å². The highest BCUT2D eigenvalue weighted by Gasteiger charge is 2.33.